The molecule has 2 aromatic rings. The largest absolute Gasteiger partial charge is 0.495 e. The van der Waals surface area contributed by atoms with Crippen LogP contribution >= 0.6 is 0 Å². The van der Waals surface area contributed by atoms with Crippen LogP contribution in [0.3, 0.4) is 0 Å². The maximum absolute atomic E-state index is 13.0. The van der Waals surface area contributed by atoms with Crippen molar-refractivity contribution >= 4 is 15.9 Å². The van der Waals surface area contributed by atoms with Crippen molar-refractivity contribution in [2.24, 2.45) is 5.92 Å². The predicted octanol–water partition coefficient (Wildman–Crippen LogP) is 3.48. The minimum atomic E-state index is -3.78. The van der Waals surface area contributed by atoms with Gasteiger partial charge in [-0.3, -0.25) is 4.79 Å². The van der Waals surface area contributed by atoms with E-state index >= 15 is 0 Å². The molecule has 162 valence electrons. The Morgan fingerprint density at radius 1 is 1.13 bits per heavy atom. The van der Waals surface area contributed by atoms with Crippen molar-refractivity contribution in [2.45, 2.75) is 44.0 Å². The van der Waals surface area contributed by atoms with Crippen molar-refractivity contribution in [3.8, 4) is 5.75 Å². The Hall–Kier alpha value is -2.38. The fourth-order valence-corrected chi connectivity index (χ4v) is 5.31. The van der Waals surface area contributed by atoms with Crippen LogP contribution in [-0.2, 0) is 16.4 Å². The minimum absolute atomic E-state index is 0.0106. The summed E-state index contributed by atoms with van der Waals surface area (Å²) in [6.45, 7) is 4.85. The first-order chi connectivity index (χ1) is 14.3. The van der Waals surface area contributed by atoms with Gasteiger partial charge >= 0.3 is 0 Å². The molecule has 0 unspecified atom stereocenters. The fourth-order valence-electron chi connectivity index (χ4n) is 3.86. The molecule has 0 aliphatic carbocycles. The number of piperidine rings is 1. The Bertz CT molecular complexity index is 966. The van der Waals surface area contributed by atoms with E-state index in [4.69, 9.17) is 4.74 Å². The third-order valence-corrected chi connectivity index (χ3v) is 7.04. The van der Waals surface area contributed by atoms with E-state index in [2.05, 4.69) is 29.0 Å². The van der Waals surface area contributed by atoms with Crippen LogP contribution < -0.4 is 9.46 Å². The molecule has 7 heteroatoms. The second-order valence-electron chi connectivity index (χ2n) is 8.07. The van der Waals surface area contributed by atoms with Gasteiger partial charge in [-0.1, -0.05) is 30.3 Å². The van der Waals surface area contributed by atoms with Gasteiger partial charge in [0.15, 0.2) is 0 Å². The van der Waals surface area contributed by atoms with E-state index in [1.165, 1.54) is 18.7 Å². The SMILES string of the molecule is COc1ccc(C(=O)N2CCC(Cc3ccccc3)CC2)cc1S(=O)(=O)NC(C)C. The molecule has 2 aromatic carbocycles. The minimum Gasteiger partial charge on any atom is -0.495 e. The first kappa shape index (κ1) is 22.3. The van der Waals surface area contributed by atoms with E-state index in [0.717, 1.165) is 19.3 Å². The summed E-state index contributed by atoms with van der Waals surface area (Å²) >= 11 is 0. The highest BCUT2D eigenvalue weighted by Crippen LogP contribution is 2.27. The summed E-state index contributed by atoms with van der Waals surface area (Å²) in [7, 11) is -2.36. The van der Waals surface area contributed by atoms with Crippen molar-refractivity contribution in [3.63, 3.8) is 0 Å². The van der Waals surface area contributed by atoms with E-state index in [1.54, 1.807) is 26.0 Å². The van der Waals surface area contributed by atoms with Crippen molar-refractivity contribution in [3.05, 3.63) is 59.7 Å². The first-order valence-corrected chi connectivity index (χ1v) is 11.8. The molecular weight excluding hydrogens is 400 g/mol. The van der Waals surface area contributed by atoms with Crippen LogP contribution in [0, 0.1) is 5.92 Å². The van der Waals surface area contributed by atoms with Gasteiger partial charge in [0.2, 0.25) is 10.0 Å². The lowest BCUT2D eigenvalue weighted by Crippen LogP contribution is -2.39. The molecule has 6 nitrogen and oxygen atoms in total. The van der Waals surface area contributed by atoms with E-state index in [-0.39, 0.29) is 22.6 Å². The lowest BCUT2D eigenvalue weighted by atomic mass is 9.90. The highest BCUT2D eigenvalue weighted by atomic mass is 32.2. The van der Waals surface area contributed by atoms with Crippen LogP contribution in [0.15, 0.2) is 53.4 Å². The van der Waals surface area contributed by atoms with Crippen LogP contribution in [-0.4, -0.2) is 45.5 Å². The van der Waals surface area contributed by atoms with Crippen LogP contribution in [0.5, 0.6) is 5.75 Å². The monoisotopic (exact) mass is 430 g/mol. The van der Waals surface area contributed by atoms with Gasteiger partial charge in [-0.05, 0) is 62.8 Å². The van der Waals surface area contributed by atoms with Gasteiger partial charge in [-0.2, -0.15) is 0 Å². The zero-order valence-corrected chi connectivity index (χ0v) is 18.6. The van der Waals surface area contributed by atoms with Crippen LogP contribution in [0.4, 0.5) is 0 Å². The maximum Gasteiger partial charge on any atom is 0.253 e. The van der Waals surface area contributed by atoms with Crippen molar-refractivity contribution in [2.75, 3.05) is 20.2 Å². The number of ether oxygens (including phenoxy) is 1. The Balaban J connectivity index is 1.71. The molecule has 0 saturated carbocycles. The van der Waals surface area contributed by atoms with Gasteiger partial charge in [0.25, 0.3) is 5.91 Å². The number of nitrogens with zero attached hydrogens (tertiary/aromatic N) is 1. The lowest BCUT2D eigenvalue weighted by molar-refractivity contribution is 0.0690. The van der Waals surface area contributed by atoms with Gasteiger partial charge in [-0.15, -0.1) is 0 Å². The fraction of sp³-hybridized carbons (Fsp3) is 0.435. The Morgan fingerprint density at radius 2 is 1.80 bits per heavy atom. The zero-order chi connectivity index (χ0) is 21.7. The van der Waals surface area contributed by atoms with Gasteiger partial charge in [0.05, 0.1) is 7.11 Å². The molecular formula is C23H30N2O4S. The van der Waals surface area contributed by atoms with Crippen molar-refractivity contribution in [1.29, 1.82) is 0 Å². The van der Waals surface area contributed by atoms with Crippen molar-refractivity contribution < 1.29 is 17.9 Å². The molecule has 1 fully saturated rings. The molecule has 1 aliphatic rings. The van der Waals surface area contributed by atoms with Gasteiger partial charge in [0.1, 0.15) is 10.6 Å². The van der Waals surface area contributed by atoms with Gasteiger partial charge < -0.3 is 9.64 Å². The maximum atomic E-state index is 13.0. The standard InChI is InChI=1S/C23H30N2O4S/c1-17(2)24-30(27,28)22-16-20(9-10-21(22)29-3)23(26)25-13-11-19(12-14-25)15-18-7-5-4-6-8-18/h4-10,16-17,19,24H,11-15H2,1-3H3. The number of benzene rings is 2. The molecule has 0 bridgehead atoms. The molecule has 0 radical (unpaired) electrons. The van der Waals surface area contributed by atoms with E-state index in [0.29, 0.717) is 24.6 Å². The van der Waals surface area contributed by atoms with E-state index in [1.807, 2.05) is 11.0 Å². The summed E-state index contributed by atoms with van der Waals surface area (Å²) in [5.41, 5.74) is 1.69. The Kier molecular flexibility index (Phi) is 7.15. The van der Waals surface area contributed by atoms with Crippen LogP contribution in [0.2, 0.25) is 0 Å². The molecule has 1 heterocycles. The average Bonchev–Trinajstić information content (AvgIpc) is 2.73. The summed E-state index contributed by atoms with van der Waals surface area (Å²) in [6, 6.07) is 14.7. The molecule has 0 aromatic heterocycles. The number of carbonyl (C=O) groups is 1. The highest BCUT2D eigenvalue weighted by Gasteiger charge is 2.27. The Morgan fingerprint density at radius 3 is 2.40 bits per heavy atom. The third-order valence-electron chi connectivity index (χ3n) is 5.36. The molecule has 1 amide bonds. The lowest BCUT2D eigenvalue weighted by Gasteiger charge is -2.32. The number of hydrogen-bond donors (Lipinski definition) is 1. The number of hydrogen-bond acceptors (Lipinski definition) is 4. The van der Waals surface area contributed by atoms with E-state index in [9.17, 15) is 13.2 Å². The van der Waals surface area contributed by atoms with Gasteiger partial charge in [0, 0.05) is 24.7 Å². The number of methoxy groups -OCH3 is 1. The number of carbonyl (C=O) groups excluding carboxylic acids is 1. The topological polar surface area (TPSA) is 75.7 Å². The number of sulfonamides is 1. The number of rotatable bonds is 7. The first-order valence-electron chi connectivity index (χ1n) is 10.3. The quantitative estimate of drug-likeness (QED) is 0.730. The normalized spacial score (nSPS) is 15.4. The molecule has 30 heavy (non-hydrogen) atoms. The van der Waals surface area contributed by atoms with E-state index < -0.39 is 10.0 Å². The van der Waals surface area contributed by atoms with Crippen LogP contribution in [0.25, 0.3) is 0 Å². The molecule has 1 N–H and O–H groups in total. The second kappa shape index (κ2) is 9.62. The van der Waals surface area contributed by atoms with Crippen molar-refractivity contribution in [1.82, 2.24) is 9.62 Å². The van der Waals surface area contributed by atoms with Crippen LogP contribution in [0.1, 0.15) is 42.6 Å². The summed E-state index contributed by atoms with van der Waals surface area (Å²) in [4.78, 5) is 14.8. The third kappa shape index (κ3) is 5.40. The average molecular weight is 431 g/mol. The summed E-state index contributed by atoms with van der Waals surface area (Å²) < 4.78 is 33.1. The molecule has 1 saturated heterocycles. The summed E-state index contributed by atoms with van der Waals surface area (Å²) in [5.74, 6) is 0.636. The second-order valence-corrected chi connectivity index (χ2v) is 9.75. The molecule has 0 spiro atoms. The summed E-state index contributed by atoms with van der Waals surface area (Å²) in [5, 5.41) is 0. The molecule has 0 atom stereocenters. The molecule has 3 rings (SSSR count). The number of nitrogens with one attached hydrogen (secondary N) is 1. The predicted molar refractivity (Wildman–Crippen MR) is 117 cm³/mol. The molecule has 1 aliphatic heterocycles. The zero-order valence-electron chi connectivity index (χ0n) is 17.8. The smallest absolute Gasteiger partial charge is 0.253 e. The Labute approximate surface area is 179 Å². The highest BCUT2D eigenvalue weighted by molar-refractivity contribution is 7.89. The number of amides is 1. The van der Waals surface area contributed by atoms with Gasteiger partial charge in [-0.25, -0.2) is 13.1 Å². The number of likely N-dealkylation sites (tertiary alicyclic amines) is 1. The summed E-state index contributed by atoms with van der Waals surface area (Å²) in [6.07, 6.45) is 2.91.